The molecule has 3 rings (SSSR count). The molecule has 1 saturated heterocycles. The maximum atomic E-state index is 10.7. The van der Waals surface area contributed by atoms with Crippen molar-refractivity contribution in [2.75, 3.05) is 6.54 Å². The average Bonchev–Trinajstić information content (AvgIpc) is 3.02. The molecule has 2 N–H and O–H groups in total. The SMILES string of the molecule is O=[N+]([O-])c1ccc(CC2CNC(Cc3ccc([N+](=O)[O-])cc3)N2)cc1. The van der Waals surface area contributed by atoms with Gasteiger partial charge in [0.15, 0.2) is 0 Å². The number of nitrogens with zero attached hydrogens (tertiary/aromatic N) is 2. The molecule has 1 aliphatic rings. The van der Waals surface area contributed by atoms with Crippen LogP contribution >= 0.6 is 0 Å². The van der Waals surface area contributed by atoms with Crippen molar-refractivity contribution in [1.82, 2.24) is 10.6 Å². The van der Waals surface area contributed by atoms with Gasteiger partial charge in [-0.15, -0.1) is 0 Å². The number of hydrogen-bond donors (Lipinski definition) is 2. The van der Waals surface area contributed by atoms with Crippen molar-refractivity contribution in [3.8, 4) is 0 Å². The molecule has 2 aromatic rings. The van der Waals surface area contributed by atoms with Gasteiger partial charge in [-0.3, -0.25) is 25.5 Å². The summed E-state index contributed by atoms with van der Waals surface area (Å²) in [6, 6.07) is 13.4. The van der Waals surface area contributed by atoms with Crippen LogP contribution < -0.4 is 10.6 Å². The summed E-state index contributed by atoms with van der Waals surface area (Å²) in [5, 5.41) is 28.2. The lowest BCUT2D eigenvalue weighted by Gasteiger charge is -2.13. The molecule has 130 valence electrons. The third kappa shape index (κ3) is 4.37. The highest BCUT2D eigenvalue weighted by Crippen LogP contribution is 2.16. The smallest absolute Gasteiger partial charge is 0.269 e. The van der Waals surface area contributed by atoms with Gasteiger partial charge in [0, 0.05) is 43.3 Å². The summed E-state index contributed by atoms with van der Waals surface area (Å²) in [6.45, 7) is 0.800. The van der Waals surface area contributed by atoms with E-state index >= 15 is 0 Å². The molecule has 0 aliphatic carbocycles. The molecule has 2 unspecified atom stereocenters. The van der Waals surface area contributed by atoms with Crippen LogP contribution in [0, 0.1) is 20.2 Å². The van der Waals surface area contributed by atoms with Crippen LogP contribution in [0.2, 0.25) is 0 Å². The van der Waals surface area contributed by atoms with Crippen LogP contribution in [0.1, 0.15) is 11.1 Å². The number of rotatable bonds is 6. The molecule has 1 heterocycles. The van der Waals surface area contributed by atoms with Gasteiger partial charge in [0.1, 0.15) is 0 Å². The summed E-state index contributed by atoms with van der Waals surface area (Å²) in [4.78, 5) is 20.5. The molecule has 25 heavy (non-hydrogen) atoms. The van der Waals surface area contributed by atoms with Crippen molar-refractivity contribution in [2.45, 2.75) is 25.0 Å². The highest BCUT2D eigenvalue weighted by atomic mass is 16.6. The van der Waals surface area contributed by atoms with Gasteiger partial charge >= 0.3 is 0 Å². The van der Waals surface area contributed by atoms with Gasteiger partial charge in [-0.1, -0.05) is 24.3 Å². The van der Waals surface area contributed by atoms with E-state index in [2.05, 4.69) is 10.6 Å². The van der Waals surface area contributed by atoms with E-state index in [1.54, 1.807) is 24.3 Å². The van der Waals surface area contributed by atoms with Crippen LogP contribution in [0.3, 0.4) is 0 Å². The lowest BCUT2D eigenvalue weighted by molar-refractivity contribution is -0.385. The monoisotopic (exact) mass is 342 g/mol. The Morgan fingerprint density at radius 3 is 1.80 bits per heavy atom. The van der Waals surface area contributed by atoms with E-state index in [1.165, 1.54) is 24.3 Å². The Morgan fingerprint density at radius 2 is 1.32 bits per heavy atom. The van der Waals surface area contributed by atoms with Crippen LogP contribution in [-0.2, 0) is 12.8 Å². The lowest BCUT2D eigenvalue weighted by atomic mass is 10.1. The summed E-state index contributed by atoms with van der Waals surface area (Å²) >= 11 is 0. The van der Waals surface area contributed by atoms with Crippen LogP contribution in [0.4, 0.5) is 11.4 Å². The molecule has 0 amide bonds. The quantitative estimate of drug-likeness (QED) is 0.615. The third-order valence-electron chi connectivity index (χ3n) is 4.26. The minimum absolute atomic E-state index is 0.0899. The fraction of sp³-hybridized carbons (Fsp3) is 0.294. The van der Waals surface area contributed by atoms with E-state index in [4.69, 9.17) is 0 Å². The first-order valence-corrected chi connectivity index (χ1v) is 7.97. The van der Waals surface area contributed by atoms with Crippen molar-refractivity contribution < 1.29 is 9.85 Å². The number of non-ortho nitro benzene ring substituents is 2. The zero-order valence-electron chi connectivity index (χ0n) is 13.4. The minimum atomic E-state index is -0.407. The Labute approximate surface area is 144 Å². The molecule has 0 bridgehead atoms. The highest BCUT2D eigenvalue weighted by molar-refractivity contribution is 5.34. The van der Waals surface area contributed by atoms with Gasteiger partial charge < -0.3 is 5.32 Å². The van der Waals surface area contributed by atoms with Crippen molar-refractivity contribution in [2.24, 2.45) is 0 Å². The Morgan fingerprint density at radius 1 is 0.840 bits per heavy atom. The number of hydrogen-bond acceptors (Lipinski definition) is 6. The predicted molar refractivity (Wildman–Crippen MR) is 92.3 cm³/mol. The first kappa shape index (κ1) is 17.0. The first-order chi connectivity index (χ1) is 12.0. The van der Waals surface area contributed by atoms with Crippen molar-refractivity contribution in [3.05, 3.63) is 79.9 Å². The fourth-order valence-electron chi connectivity index (χ4n) is 2.98. The van der Waals surface area contributed by atoms with Crippen LogP contribution in [0.25, 0.3) is 0 Å². The normalized spacial score (nSPS) is 19.7. The van der Waals surface area contributed by atoms with Gasteiger partial charge in [-0.25, -0.2) is 0 Å². The molecule has 8 heteroatoms. The zero-order valence-corrected chi connectivity index (χ0v) is 13.4. The van der Waals surface area contributed by atoms with E-state index in [-0.39, 0.29) is 23.6 Å². The lowest BCUT2D eigenvalue weighted by Crippen LogP contribution is -2.36. The van der Waals surface area contributed by atoms with Gasteiger partial charge in [-0.2, -0.15) is 0 Å². The van der Waals surface area contributed by atoms with E-state index in [9.17, 15) is 20.2 Å². The van der Waals surface area contributed by atoms with Gasteiger partial charge in [0.25, 0.3) is 11.4 Å². The van der Waals surface area contributed by atoms with E-state index in [0.717, 1.165) is 30.5 Å². The Bertz CT molecular complexity index is 696. The number of benzene rings is 2. The molecule has 0 aromatic heterocycles. The Balaban J connectivity index is 1.53. The number of nitro benzene ring substituents is 2. The fourth-order valence-corrected chi connectivity index (χ4v) is 2.98. The standard InChI is InChI=1S/C17H18N4O4/c22-20(23)15-5-1-12(2-6-15)9-14-11-18-17(19-14)10-13-3-7-16(8-4-13)21(24)25/h1-8,14,17-19H,9-11H2. The second-order valence-corrected chi connectivity index (χ2v) is 6.08. The number of nitrogens with one attached hydrogen (secondary N) is 2. The minimum Gasteiger partial charge on any atom is -0.300 e. The van der Waals surface area contributed by atoms with Crippen LogP contribution in [0.5, 0.6) is 0 Å². The second-order valence-electron chi connectivity index (χ2n) is 6.08. The molecule has 0 radical (unpaired) electrons. The highest BCUT2D eigenvalue weighted by Gasteiger charge is 2.23. The van der Waals surface area contributed by atoms with Crippen molar-refractivity contribution >= 4 is 11.4 Å². The average molecular weight is 342 g/mol. The maximum absolute atomic E-state index is 10.7. The zero-order chi connectivity index (χ0) is 17.8. The second kappa shape index (κ2) is 7.37. The maximum Gasteiger partial charge on any atom is 0.269 e. The van der Waals surface area contributed by atoms with Gasteiger partial charge in [-0.05, 0) is 17.5 Å². The topological polar surface area (TPSA) is 110 Å². The van der Waals surface area contributed by atoms with E-state index in [0.29, 0.717) is 0 Å². The molecule has 1 aliphatic heterocycles. The van der Waals surface area contributed by atoms with Crippen molar-refractivity contribution in [3.63, 3.8) is 0 Å². The summed E-state index contributed by atoms with van der Waals surface area (Å²) in [7, 11) is 0. The number of nitro groups is 2. The van der Waals surface area contributed by atoms with Gasteiger partial charge in [0.2, 0.25) is 0 Å². The largest absolute Gasteiger partial charge is 0.300 e. The summed E-state index contributed by atoms with van der Waals surface area (Å²) in [6.07, 6.45) is 1.61. The predicted octanol–water partition coefficient (Wildman–Crippen LogP) is 2.18. The molecular weight excluding hydrogens is 324 g/mol. The molecule has 2 aromatic carbocycles. The summed E-state index contributed by atoms with van der Waals surface area (Å²) in [5.74, 6) is 0. The molecular formula is C17H18N4O4. The first-order valence-electron chi connectivity index (χ1n) is 7.97. The third-order valence-corrected chi connectivity index (χ3v) is 4.26. The molecule has 2 atom stereocenters. The van der Waals surface area contributed by atoms with Gasteiger partial charge in [0.05, 0.1) is 16.0 Å². The molecule has 8 nitrogen and oxygen atoms in total. The summed E-state index contributed by atoms with van der Waals surface area (Å²) < 4.78 is 0. The van der Waals surface area contributed by atoms with Crippen LogP contribution in [-0.4, -0.2) is 28.6 Å². The van der Waals surface area contributed by atoms with E-state index in [1.807, 2.05) is 0 Å². The van der Waals surface area contributed by atoms with Crippen molar-refractivity contribution in [1.29, 1.82) is 0 Å². The Hall–Kier alpha value is -2.84. The Kier molecular flexibility index (Phi) is 5.01. The van der Waals surface area contributed by atoms with E-state index < -0.39 is 9.85 Å². The molecule has 0 spiro atoms. The molecule has 1 fully saturated rings. The summed E-state index contributed by atoms with van der Waals surface area (Å²) in [5.41, 5.74) is 2.25. The molecule has 0 saturated carbocycles. The van der Waals surface area contributed by atoms with Crippen LogP contribution in [0.15, 0.2) is 48.5 Å².